The average Bonchev–Trinajstić information content (AvgIpc) is 3.01. The normalized spacial score (nSPS) is 11.1. The highest BCUT2D eigenvalue weighted by Crippen LogP contribution is 2.15. The molecule has 1 amide bonds. The highest BCUT2D eigenvalue weighted by atomic mass is 32.1. The summed E-state index contributed by atoms with van der Waals surface area (Å²) in [4.78, 5) is 35.0. The van der Waals surface area contributed by atoms with Gasteiger partial charge in [0.25, 0.3) is 11.5 Å². The van der Waals surface area contributed by atoms with E-state index in [9.17, 15) is 9.59 Å². The van der Waals surface area contributed by atoms with Crippen LogP contribution >= 0.6 is 12.2 Å². The SMILES string of the molecule is Cn1c(=S)[nH]c2cc(C(=O)Nc3nc4ccccc4[nH]3)ccc2c1=O. The molecule has 3 N–H and O–H groups in total. The first kappa shape index (κ1) is 15.3. The number of rotatable bonds is 2. The van der Waals surface area contributed by atoms with Crippen molar-refractivity contribution in [3.8, 4) is 0 Å². The van der Waals surface area contributed by atoms with E-state index in [1.54, 1.807) is 25.2 Å². The summed E-state index contributed by atoms with van der Waals surface area (Å²) in [6.45, 7) is 0. The summed E-state index contributed by atoms with van der Waals surface area (Å²) in [6, 6.07) is 12.3. The quantitative estimate of drug-likeness (QED) is 0.484. The third kappa shape index (κ3) is 2.62. The van der Waals surface area contributed by atoms with Crippen molar-refractivity contribution in [3.63, 3.8) is 0 Å². The first-order valence-corrected chi connectivity index (χ1v) is 7.93. The third-order valence-electron chi connectivity index (χ3n) is 3.98. The zero-order valence-corrected chi connectivity index (χ0v) is 14.0. The van der Waals surface area contributed by atoms with Gasteiger partial charge in [-0.15, -0.1) is 0 Å². The van der Waals surface area contributed by atoms with Gasteiger partial charge in [-0.05, 0) is 42.5 Å². The summed E-state index contributed by atoms with van der Waals surface area (Å²) < 4.78 is 1.65. The van der Waals surface area contributed by atoms with Crippen molar-refractivity contribution in [2.75, 3.05) is 5.32 Å². The van der Waals surface area contributed by atoms with Crippen LogP contribution in [0.1, 0.15) is 10.4 Å². The van der Waals surface area contributed by atoms with Crippen LogP contribution in [-0.2, 0) is 7.05 Å². The lowest BCUT2D eigenvalue weighted by atomic mass is 10.1. The number of imidazole rings is 1. The van der Waals surface area contributed by atoms with Gasteiger partial charge in [-0.3, -0.25) is 19.5 Å². The van der Waals surface area contributed by atoms with E-state index in [-0.39, 0.29) is 11.5 Å². The number of aromatic amines is 2. The van der Waals surface area contributed by atoms with Crippen LogP contribution in [0.15, 0.2) is 47.3 Å². The van der Waals surface area contributed by atoms with Crippen molar-refractivity contribution in [2.45, 2.75) is 0 Å². The van der Waals surface area contributed by atoms with Crippen molar-refractivity contribution in [3.05, 3.63) is 63.2 Å². The summed E-state index contributed by atoms with van der Waals surface area (Å²) in [5.41, 5.74) is 2.31. The Morgan fingerprint density at radius 1 is 1.16 bits per heavy atom. The fourth-order valence-corrected chi connectivity index (χ4v) is 2.83. The molecule has 0 fully saturated rings. The van der Waals surface area contributed by atoms with Crippen LogP contribution in [0.3, 0.4) is 0 Å². The molecule has 124 valence electrons. The number of H-pyrrole nitrogens is 2. The van der Waals surface area contributed by atoms with Crippen LogP contribution in [-0.4, -0.2) is 25.4 Å². The van der Waals surface area contributed by atoms with E-state index in [1.165, 1.54) is 4.57 Å². The van der Waals surface area contributed by atoms with Gasteiger partial charge in [-0.2, -0.15) is 0 Å². The van der Waals surface area contributed by atoms with E-state index in [1.807, 2.05) is 24.3 Å². The van der Waals surface area contributed by atoms with Crippen LogP contribution < -0.4 is 10.9 Å². The standard InChI is InChI=1S/C17H13N5O2S/c1-22-15(24)10-7-6-9(8-13(10)20-17(22)25)14(23)21-16-18-11-4-2-3-5-12(11)19-16/h2-8H,1H3,(H,20,25)(H2,18,19,21,23). The van der Waals surface area contributed by atoms with E-state index in [4.69, 9.17) is 12.2 Å². The Kier molecular flexibility index (Phi) is 3.47. The molecule has 2 aromatic carbocycles. The number of fused-ring (bicyclic) bond motifs is 2. The lowest BCUT2D eigenvalue weighted by Gasteiger charge is -2.05. The van der Waals surface area contributed by atoms with Crippen LogP contribution in [0.2, 0.25) is 0 Å². The maximum absolute atomic E-state index is 12.5. The zero-order valence-electron chi connectivity index (χ0n) is 13.2. The van der Waals surface area contributed by atoms with Gasteiger partial charge in [-0.1, -0.05) is 12.1 Å². The first-order valence-electron chi connectivity index (χ1n) is 7.52. The number of benzene rings is 2. The molecule has 0 aliphatic carbocycles. The van der Waals surface area contributed by atoms with Crippen LogP contribution in [0.5, 0.6) is 0 Å². The molecule has 2 aromatic heterocycles. The monoisotopic (exact) mass is 351 g/mol. The van der Waals surface area contributed by atoms with E-state index >= 15 is 0 Å². The van der Waals surface area contributed by atoms with Gasteiger partial charge >= 0.3 is 0 Å². The topological polar surface area (TPSA) is 95.6 Å². The molecule has 0 aliphatic heterocycles. The first-order chi connectivity index (χ1) is 12.0. The second kappa shape index (κ2) is 5.67. The maximum Gasteiger partial charge on any atom is 0.261 e. The van der Waals surface area contributed by atoms with Crippen LogP contribution in [0, 0.1) is 4.77 Å². The third-order valence-corrected chi connectivity index (χ3v) is 4.36. The Balaban J connectivity index is 1.71. The van der Waals surface area contributed by atoms with E-state index < -0.39 is 0 Å². The number of anilines is 1. The minimum atomic E-state index is -0.332. The number of nitrogens with zero attached hydrogens (tertiary/aromatic N) is 2. The predicted octanol–water partition coefficient (Wildman–Crippen LogP) is 2.72. The lowest BCUT2D eigenvalue weighted by Crippen LogP contribution is -2.19. The fourth-order valence-electron chi connectivity index (χ4n) is 2.64. The minimum absolute atomic E-state index is 0.206. The highest BCUT2D eigenvalue weighted by Gasteiger charge is 2.11. The number of carbonyl (C=O) groups excluding carboxylic acids is 1. The van der Waals surface area contributed by atoms with Gasteiger partial charge in [0.05, 0.1) is 21.9 Å². The van der Waals surface area contributed by atoms with Gasteiger partial charge in [0.2, 0.25) is 5.95 Å². The molecule has 0 radical (unpaired) electrons. The van der Waals surface area contributed by atoms with E-state index in [0.29, 0.717) is 27.2 Å². The van der Waals surface area contributed by atoms with Crippen molar-refractivity contribution < 1.29 is 4.79 Å². The molecule has 8 heteroatoms. The Morgan fingerprint density at radius 2 is 1.96 bits per heavy atom. The number of para-hydroxylation sites is 2. The molecule has 0 saturated carbocycles. The molecular weight excluding hydrogens is 338 g/mol. The molecule has 0 spiro atoms. The molecule has 0 bridgehead atoms. The molecule has 0 atom stereocenters. The molecule has 4 aromatic rings. The molecule has 2 heterocycles. The molecule has 0 aliphatic rings. The van der Waals surface area contributed by atoms with Crippen LogP contribution in [0.25, 0.3) is 21.9 Å². The lowest BCUT2D eigenvalue weighted by molar-refractivity contribution is 0.102. The number of nitrogens with one attached hydrogen (secondary N) is 3. The van der Waals surface area contributed by atoms with Crippen molar-refractivity contribution in [1.82, 2.24) is 19.5 Å². The zero-order chi connectivity index (χ0) is 17.6. The summed E-state index contributed by atoms with van der Waals surface area (Å²) in [6.07, 6.45) is 0. The van der Waals surface area contributed by atoms with Crippen molar-refractivity contribution in [1.29, 1.82) is 0 Å². The van der Waals surface area contributed by atoms with Gasteiger partial charge in [-0.25, -0.2) is 4.98 Å². The Labute approximate surface area is 146 Å². The number of hydrogen-bond acceptors (Lipinski definition) is 4. The second-order valence-corrected chi connectivity index (χ2v) is 6.00. The number of amides is 1. The molecular formula is C17H13N5O2S. The molecule has 4 rings (SSSR count). The maximum atomic E-state index is 12.5. The number of aromatic nitrogens is 4. The van der Waals surface area contributed by atoms with Gasteiger partial charge in [0, 0.05) is 12.6 Å². The fraction of sp³-hybridized carbons (Fsp3) is 0.0588. The highest BCUT2D eigenvalue weighted by molar-refractivity contribution is 7.71. The van der Waals surface area contributed by atoms with Gasteiger partial charge in [0.15, 0.2) is 4.77 Å². The van der Waals surface area contributed by atoms with Crippen molar-refractivity contribution >= 4 is 46.0 Å². The van der Waals surface area contributed by atoms with Gasteiger partial charge in [0.1, 0.15) is 0 Å². The predicted molar refractivity (Wildman–Crippen MR) is 98.4 cm³/mol. The number of hydrogen-bond donors (Lipinski definition) is 3. The van der Waals surface area contributed by atoms with Gasteiger partial charge < -0.3 is 9.97 Å². The van der Waals surface area contributed by atoms with E-state index in [0.717, 1.165) is 11.0 Å². The smallest absolute Gasteiger partial charge is 0.261 e. The summed E-state index contributed by atoms with van der Waals surface area (Å²) in [5.74, 6) is 0.0316. The Hall–Kier alpha value is -3.26. The molecule has 7 nitrogen and oxygen atoms in total. The molecule has 0 saturated heterocycles. The summed E-state index contributed by atoms with van der Waals surface area (Å²) >= 11 is 5.11. The number of carbonyl (C=O) groups is 1. The minimum Gasteiger partial charge on any atom is -0.332 e. The second-order valence-electron chi connectivity index (χ2n) is 5.61. The van der Waals surface area contributed by atoms with Crippen LogP contribution in [0.4, 0.5) is 5.95 Å². The van der Waals surface area contributed by atoms with E-state index in [2.05, 4.69) is 20.3 Å². The summed E-state index contributed by atoms with van der Waals surface area (Å²) in [5, 5.41) is 3.19. The Morgan fingerprint density at radius 3 is 2.76 bits per heavy atom. The molecule has 25 heavy (non-hydrogen) atoms. The molecule has 0 unspecified atom stereocenters. The average molecular weight is 351 g/mol. The van der Waals surface area contributed by atoms with Crippen molar-refractivity contribution in [2.24, 2.45) is 7.05 Å². The summed E-state index contributed by atoms with van der Waals surface area (Å²) in [7, 11) is 1.60. The Bertz CT molecular complexity index is 1220. The largest absolute Gasteiger partial charge is 0.332 e.